The number of nitrogens with one attached hydrogen (secondary N) is 2. The molecule has 2 fully saturated rings. The van der Waals surface area contributed by atoms with Crippen LogP contribution in [-0.2, 0) is 4.79 Å². The monoisotopic (exact) mass is 447 g/mol. The molecule has 2 atom stereocenters. The molecule has 5 nitrogen and oxygen atoms in total. The third kappa shape index (κ3) is 3.70. The zero-order chi connectivity index (χ0) is 16.6. The molecule has 0 aliphatic heterocycles. The second kappa shape index (κ2) is 6.66. The highest BCUT2D eigenvalue weighted by molar-refractivity contribution is 14.1. The van der Waals surface area contributed by atoms with E-state index in [0.717, 1.165) is 9.44 Å². The van der Waals surface area contributed by atoms with Crippen molar-refractivity contribution in [2.45, 2.75) is 45.6 Å². The number of halogens is 1. The van der Waals surface area contributed by atoms with E-state index < -0.39 is 0 Å². The fraction of sp³-hybridized carbons (Fsp3) is 0.688. The van der Waals surface area contributed by atoms with Crippen LogP contribution in [0.25, 0.3) is 0 Å². The lowest BCUT2D eigenvalue weighted by Crippen LogP contribution is -2.47. The van der Waals surface area contributed by atoms with Gasteiger partial charge in [-0.05, 0) is 53.2 Å². The van der Waals surface area contributed by atoms with E-state index in [1.165, 1.54) is 30.6 Å². The third-order valence-corrected chi connectivity index (χ3v) is 6.81. The molecule has 0 aromatic carbocycles. The second-order valence-corrected chi connectivity index (χ2v) is 9.64. The highest BCUT2D eigenvalue weighted by Gasteiger charge is 2.61. The topological polar surface area (TPSA) is 71.1 Å². The fourth-order valence-corrected chi connectivity index (χ4v) is 4.45. The molecule has 7 heteroatoms. The van der Waals surface area contributed by atoms with Gasteiger partial charge in [0.25, 0.3) is 5.91 Å². The largest absolute Gasteiger partial charge is 0.351 e. The van der Waals surface area contributed by atoms with Crippen LogP contribution in [0.5, 0.6) is 0 Å². The fourth-order valence-electron chi connectivity index (χ4n) is 3.29. The van der Waals surface area contributed by atoms with Crippen molar-refractivity contribution >= 4 is 45.7 Å². The summed E-state index contributed by atoms with van der Waals surface area (Å²) in [4.78, 5) is 28.7. The van der Waals surface area contributed by atoms with Gasteiger partial charge in [-0.2, -0.15) is 0 Å². The van der Waals surface area contributed by atoms with Crippen molar-refractivity contribution in [1.82, 2.24) is 15.6 Å². The maximum absolute atomic E-state index is 12.4. The van der Waals surface area contributed by atoms with E-state index in [2.05, 4.69) is 52.1 Å². The molecular formula is C16H22IN3O2S. The van der Waals surface area contributed by atoms with Crippen molar-refractivity contribution in [2.24, 2.45) is 17.3 Å². The first-order valence-corrected chi connectivity index (χ1v) is 10.1. The van der Waals surface area contributed by atoms with Crippen LogP contribution in [0.4, 0.5) is 0 Å². The molecule has 2 N–H and O–H groups in total. The molecule has 3 rings (SSSR count). The van der Waals surface area contributed by atoms with Crippen molar-refractivity contribution in [3.63, 3.8) is 0 Å². The Bertz CT molecular complexity index is 612. The summed E-state index contributed by atoms with van der Waals surface area (Å²) in [7, 11) is 0. The quantitative estimate of drug-likeness (QED) is 0.659. The van der Waals surface area contributed by atoms with Gasteiger partial charge in [0.2, 0.25) is 5.91 Å². The lowest BCUT2D eigenvalue weighted by molar-refractivity contribution is -0.124. The third-order valence-electron chi connectivity index (χ3n) is 5.18. The Balaban J connectivity index is 1.50. The van der Waals surface area contributed by atoms with Gasteiger partial charge < -0.3 is 10.6 Å². The molecular weight excluding hydrogens is 425 g/mol. The van der Waals surface area contributed by atoms with Crippen LogP contribution in [0, 0.1) is 20.3 Å². The van der Waals surface area contributed by atoms with E-state index in [1.807, 2.05) is 0 Å². The molecule has 126 valence electrons. The Hall–Kier alpha value is -0.700. The molecule has 0 saturated heterocycles. The van der Waals surface area contributed by atoms with Gasteiger partial charge in [0, 0.05) is 23.9 Å². The van der Waals surface area contributed by atoms with Crippen molar-refractivity contribution in [2.75, 3.05) is 6.54 Å². The van der Waals surface area contributed by atoms with Gasteiger partial charge in [0.05, 0.1) is 0 Å². The first-order valence-electron chi connectivity index (χ1n) is 8.11. The average Bonchev–Trinajstić information content (AvgIpc) is 3.11. The van der Waals surface area contributed by atoms with E-state index in [4.69, 9.17) is 0 Å². The maximum Gasteiger partial charge on any atom is 0.270 e. The Morgan fingerprint density at radius 1 is 1.48 bits per heavy atom. The standard InChI is InChI=1S/C16H22IN3O2S/c1-9(2)11(7-18-14(22)12-8-23-15(17)20-12)19-13(21)10-6-16(10)4-3-5-16/h8-11H,3-7H2,1-2H3,(H,18,22)(H,19,21). The first-order chi connectivity index (χ1) is 10.9. The number of hydrogen-bond acceptors (Lipinski definition) is 4. The summed E-state index contributed by atoms with van der Waals surface area (Å²) in [6.07, 6.45) is 4.72. The van der Waals surface area contributed by atoms with Crippen molar-refractivity contribution in [1.29, 1.82) is 0 Å². The number of thiazole rings is 1. The molecule has 2 amide bonds. The molecule has 2 saturated carbocycles. The SMILES string of the molecule is CC(C)C(CNC(=O)c1csc(I)n1)NC(=O)C1CC12CCC2. The van der Waals surface area contributed by atoms with Crippen LogP contribution in [0.1, 0.15) is 50.0 Å². The summed E-state index contributed by atoms with van der Waals surface area (Å²) >= 11 is 3.55. The number of carbonyl (C=O) groups excluding carboxylic acids is 2. The molecule has 0 bridgehead atoms. The number of nitrogens with zero attached hydrogens (tertiary/aromatic N) is 1. The summed E-state index contributed by atoms with van der Waals surface area (Å²) in [6, 6.07) is -0.0399. The van der Waals surface area contributed by atoms with Gasteiger partial charge in [0.1, 0.15) is 5.69 Å². The Labute approximate surface area is 154 Å². The Morgan fingerprint density at radius 3 is 2.70 bits per heavy atom. The van der Waals surface area contributed by atoms with E-state index in [1.54, 1.807) is 5.38 Å². The minimum absolute atomic E-state index is 0.0399. The van der Waals surface area contributed by atoms with Crippen LogP contribution in [0.15, 0.2) is 5.38 Å². The minimum atomic E-state index is -0.175. The lowest BCUT2D eigenvalue weighted by atomic mass is 9.79. The normalized spacial score (nSPS) is 22.5. The van der Waals surface area contributed by atoms with Gasteiger partial charge in [-0.15, -0.1) is 11.3 Å². The Kier molecular flexibility index (Phi) is 4.96. The molecule has 23 heavy (non-hydrogen) atoms. The van der Waals surface area contributed by atoms with E-state index >= 15 is 0 Å². The van der Waals surface area contributed by atoms with Gasteiger partial charge in [-0.3, -0.25) is 9.59 Å². The van der Waals surface area contributed by atoms with Crippen molar-refractivity contribution < 1.29 is 9.59 Å². The van der Waals surface area contributed by atoms with Crippen LogP contribution >= 0.6 is 33.9 Å². The Morgan fingerprint density at radius 2 is 2.22 bits per heavy atom. The van der Waals surface area contributed by atoms with E-state index in [-0.39, 0.29) is 29.7 Å². The number of aromatic nitrogens is 1. The van der Waals surface area contributed by atoms with Gasteiger partial charge in [-0.1, -0.05) is 20.3 Å². The van der Waals surface area contributed by atoms with Gasteiger partial charge >= 0.3 is 0 Å². The summed E-state index contributed by atoms with van der Waals surface area (Å²) in [5.74, 6) is 0.464. The predicted molar refractivity (Wildman–Crippen MR) is 98.3 cm³/mol. The highest BCUT2D eigenvalue weighted by Crippen LogP contribution is 2.65. The van der Waals surface area contributed by atoms with E-state index in [9.17, 15) is 9.59 Å². The molecule has 2 aliphatic carbocycles. The second-order valence-electron chi connectivity index (χ2n) is 7.03. The molecule has 1 spiro atoms. The average molecular weight is 447 g/mol. The molecule has 2 unspecified atom stereocenters. The molecule has 1 heterocycles. The molecule has 0 radical (unpaired) electrons. The zero-order valence-electron chi connectivity index (χ0n) is 13.4. The number of hydrogen-bond donors (Lipinski definition) is 2. The van der Waals surface area contributed by atoms with Crippen molar-refractivity contribution in [3.8, 4) is 0 Å². The van der Waals surface area contributed by atoms with E-state index in [0.29, 0.717) is 17.7 Å². The number of carbonyl (C=O) groups is 2. The highest BCUT2D eigenvalue weighted by atomic mass is 127. The minimum Gasteiger partial charge on any atom is -0.351 e. The predicted octanol–water partition coefficient (Wildman–Crippen LogP) is 2.81. The summed E-state index contributed by atoms with van der Waals surface area (Å²) < 4.78 is 0.848. The summed E-state index contributed by atoms with van der Waals surface area (Å²) in [5, 5.41) is 7.79. The van der Waals surface area contributed by atoms with Crippen LogP contribution in [0.3, 0.4) is 0 Å². The molecule has 2 aliphatic rings. The van der Waals surface area contributed by atoms with Crippen LogP contribution < -0.4 is 10.6 Å². The summed E-state index contributed by atoms with van der Waals surface area (Å²) in [5.41, 5.74) is 0.787. The molecule has 1 aromatic heterocycles. The number of amides is 2. The zero-order valence-corrected chi connectivity index (χ0v) is 16.4. The first kappa shape index (κ1) is 17.1. The van der Waals surface area contributed by atoms with Gasteiger partial charge in [-0.25, -0.2) is 4.98 Å². The maximum atomic E-state index is 12.4. The smallest absolute Gasteiger partial charge is 0.270 e. The van der Waals surface area contributed by atoms with Gasteiger partial charge in [0.15, 0.2) is 3.01 Å². The van der Waals surface area contributed by atoms with Crippen LogP contribution in [0.2, 0.25) is 0 Å². The summed E-state index contributed by atoms with van der Waals surface area (Å²) in [6.45, 7) is 4.57. The number of rotatable bonds is 6. The lowest BCUT2D eigenvalue weighted by Gasteiger charge is -2.28. The molecule has 1 aromatic rings. The van der Waals surface area contributed by atoms with Crippen LogP contribution in [-0.4, -0.2) is 29.4 Å². The van der Waals surface area contributed by atoms with Crippen molar-refractivity contribution in [3.05, 3.63) is 14.1 Å².